The van der Waals surface area contributed by atoms with E-state index in [4.69, 9.17) is 0 Å². The van der Waals surface area contributed by atoms with Gasteiger partial charge in [-0.1, -0.05) is 55.6 Å². The van der Waals surface area contributed by atoms with Gasteiger partial charge in [0.2, 0.25) is 5.91 Å². The number of carbonyl (C=O) groups is 1. The number of aromatic nitrogens is 4. The van der Waals surface area contributed by atoms with Crippen LogP contribution in [0.5, 0.6) is 0 Å². The van der Waals surface area contributed by atoms with Crippen LogP contribution in [0.1, 0.15) is 57.4 Å². The third-order valence-electron chi connectivity index (χ3n) is 5.96. The first-order valence-electron chi connectivity index (χ1n) is 10.7. The Morgan fingerprint density at radius 2 is 1.90 bits per heavy atom. The molecule has 0 bridgehead atoms. The maximum atomic E-state index is 12.5. The number of amides is 1. The lowest BCUT2D eigenvalue weighted by atomic mass is 10.1. The third-order valence-corrected chi connectivity index (χ3v) is 6.90. The zero-order chi connectivity index (χ0) is 19.6. The Morgan fingerprint density at radius 3 is 2.69 bits per heavy atom. The van der Waals surface area contributed by atoms with Crippen LogP contribution in [-0.4, -0.2) is 37.5 Å². The number of thioether (sulfide) groups is 1. The maximum absolute atomic E-state index is 12.5. The number of H-pyrrole nitrogens is 1. The second-order valence-corrected chi connectivity index (χ2v) is 9.14. The predicted octanol–water partition coefficient (Wildman–Crippen LogP) is 4.69. The Morgan fingerprint density at radius 1 is 1.10 bits per heavy atom. The van der Waals surface area contributed by atoms with Crippen molar-refractivity contribution in [2.45, 2.75) is 68.6 Å². The average molecular weight is 410 g/mol. The molecule has 0 saturated heterocycles. The number of rotatable bonds is 6. The van der Waals surface area contributed by atoms with Gasteiger partial charge in [-0.3, -0.25) is 9.36 Å². The van der Waals surface area contributed by atoms with Gasteiger partial charge in [-0.05, 0) is 31.7 Å². The number of para-hydroxylation sites is 1. The Bertz CT molecular complexity index is 998. The van der Waals surface area contributed by atoms with Gasteiger partial charge < -0.3 is 10.3 Å². The molecule has 0 atom stereocenters. The van der Waals surface area contributed by atoms with Gasteiger partial charge in [0.25, 0.3) is 0 Å². The van der Waals surface area contributed by atoms with Gasteiger partial charge in [-0.2, -0.15) is 0 Å². The molecule has 2 fully saturated rings. The summed E-state index contributed by atoms with van der Waals surface area (Å²) in [6.07, 6.45) is 11.6. The van der Waals surface area contributed by atoms with Crippen molar-refractivity contribution < 1.29 is 4.79 Å². The molecular formula is C22H27N5OS. The van der Waals surface area contributed by atoms with Gasteiger partial charge >= 0.3 is 0 Å². The summed E-state index contributed by atoms with van der Waals surface area (Å²) in [7, 11) is 0. The van der Waals surface area contributed by atoms with E-state index in [0.29, 0.717) is 17.8 Å². The molecule has 1 amide bonds. The zero-order valence-electron chi connectivity index (χ0n) is 16.6. The van der Waals surface area contributed by atoms with E-state index in [2.05, 4.69) is 37.2 Å². The molecule has 2 aromatic heterocycles. The van der Waals surface area contributed by atoms with E-state index in [0.717, 1.165) is 53.1 Å². The molecule has 0 unspecified atom stereocenters. The lowest BCUT2D eigenvalue weighted by Gasteiger charge is -2.16. The average Bonchev–Trinajstić information content (AvgIpc) is 3.42. The summed E-state index contributed by atoms with van der Waals surface area (Å²) in [6.45, 7) is 0. The Kier molecular flexibility index (Phi) is 5.31. The van der Waals surface area contributed by atoms with Crippen LogP contribution in [0, 0.1) is 0 Å². The fourth-order valence-corrected chi connectivity index (χ4v) is 5.12. The molecule has 29 heavy (non-hydrogen) atoms. The number of hydrogen-bond donors (Lipinski definition) is 2. The van der Waals surface area contributed by atoms with Crippen LogP contribution in [-0.2, 0) is 4.79 Å². The van der Waals surface area contributed by atoms with Crippen LogP contribution in [0.3, 0.4) is 0 Å². The molecule has 2 saturated carbocycles. The highest BCUT2D eigenvalue weighted by molar-refractivity contribution is 7.99. The van der Waals surface area contributed by atoms with Gasteiger partial charge in [-0.25, -0.2) is 0 Å². The van der Waals surface area contributed by atoms with E-state index in [1.807, 2.05) is 18.3 Å². The predicted molar refractivity (Wildman–Crippen MR) is 116 cm³/mol. The smallest absolute Gasteiger partial charge is 0.230 e. The molecule has 3 aromatic rings. The summed E-state index contributed by atoms with van der Waals surface area (Å²) in [4.78, 5) is 15.8. The number of aromatic amines is 1. The number of fused-ring (bicyclic) bond motifs is 1. The van der Waals surface area contributed by atoms with Crippen molar-refractivity contribution in [3.63, 3.8) is 0 Å². The first kappa shape index (κ1) is 18.7. The topological polar surface area (TPSA) is 75.6 Å². The summed E-state index contributed by atoms with van der Waals surface area (Å²) in [5.74, 6) is 1.41. The molecule has 152 valence electrons. The van der Waals surface area contributed by atoms with Crippen molar-refractivity contribution in [3.8, 4) is 11.4 Å². The molecule has 1 aromatic carbocycles. The van der Waals surface area contributed by atoms with Crippen LogP contribution < -0.4 is 5.32 Å². The molecule has 2 aliphatic rings. The van der Waals surface area contributed by atoms with Crippen LogP contribution >= 0.6 is 11.8 Å². The fourth-order valence-electron chi connectivity index (χ4n) is 4.30. The Hall–Kier alpha value is -2.28. The highest BCUT2D eigenvalue weighted by Crippen LogP contribution is 2.42. The zero-order valence-corrected chi connectivity index (χ0v) is 17.4. The fraction of sp³-hybridized carbons (Fsp3) is 0.500. The molecule has 2 heterocycles. The van der Waals surface area contributed by atoms with Crippen molar-refractivity contribution in [1.82, 2.24) is 25.1 Å². The summed E-state index contributed by atoms with van der Waals surface area (Å²) in [5.41, 5.74) is 2.18. The van der Waals surface area contributed by atoms with Gasteiger partial charge in [0, 0.05) is 34.7 Å². The van der Waals surface area contributed by atoms with E-state index in [1.54, 1.807) is 0 Å². The molecule has 6 nitrogen and oxygen atoms in total. The molecular weight excluding hydrogens is 382 g/mol. The second-order valence-electron chi connectivity index (χ2n) is 8.20. The van der Waals surface area contributed by atoms with E-state index in [9.17, 15) is 4.79 Å². The van der Waals surface area contributed by atoms with Crippen molar-refractivity contribution in [2.24, 2.45) is 0 Å². The third kappa shape index (κ3) is 4.06. The number of hydrogen-bond acceptors (Lipinski definition) is 4. The number of nitrogens with zero attached hydrogens (tertiary/aromatic N) is 3. The van der Waals surface area contributed by atoms with Crippen LogP contribution in [0.25, 0.3) is 22.3 Å². The maximum Gasteiger partial charge on any atom is 0.230 e. The lowest BCUT2D eigenvalue weighted by Crippen LogP contribution is -2.35. The number of nitrogens with one attached hydrogen (secondary N) is 2. The summed E-state index contributed by atoms with van der Waals surface area (Å²) < 4.78 is 2.24. The van der Waals surface area contributed by atoms with Gasteiger partial charge in [0.1, 0.15) is 0 Å². The van der Waals surface area contributed by atoms with Gasteiger partial charge in [0.15, 0.2) is 11.0 Å². The molecule has 5 rings (SSSR count). The standard InChI is InChI=1S/C22H27N5OS/c28-20(24-15-7-3-1-2-4-8-15)14-29-22-26-25-21(27(22)16-11-12-16)18-13-23-19-10-6-5-9-17(18)19/h5-6,9-10,13,15-16,23H,1-4,7-8,11-12,14H2,(H,24,28). The summed E-state index contributed by atoms with van der Waals surface area (Å²) >= 11 is 1.51. The van der Waals surface area contributed by atoms with Gasteiger partial charge in [0.05, 0.1) is 5.75 Å². The molecule has 0 spiro atoms. The minimum atomic E-state index is 0.112. The minimum absolute atomic E-state index is 0.112. The van der Waals surface area contributed by atoms with E-state index in [-0.39, 0.29) is 5.91 Å². The second kappa shape index (κ2) is 8.22. The molecule has 7 heteroatoms. The van der Waals surface area contributed by atoms with Crippen molar-refractivity contribution >= 4 is 28.6 Å². The van der Waals surface area contributed by atoms with Crippen molar-refractivity contribution in [1.29, 1.82) is 0 Å². The Labute approximate surface area is 174 Å². The van der Waals surface area contributed by atoms with Crippen LogP contribution in [0.4, 0.5) is 0 Å². The van der Waals surface area contributed by atoms with E-state index < -0.39 is 0 Å². The van der Waals surface area contributed by atoms with E-state index in [1.165, 1.54) is 37.4 Å². The summed E-state index contributed by atoms with van der Waals surface area (Å²) in [6, 6.07) is 9.05. The first-order valence-corrected chi connectivity index (χ1v) is 11.7. The van der Waals surface area contributed by atoms with Crippen LogP contribution in [0.2, 0.25) is 0 Å². The highest BCUT2D eigenvalue weighted by Gasteiger charge is 2.31. The number of carbonyl (C=O) groups excluding carboxylic acids is 1. The van der Waals surface area contributed by atoms with Gasteiger partial charge in [-0.15, -0.1) is 10.2 Å². The molecule has 2 N–H and O–H groups in total. The number of benzene rings is 1. The minimum Gasteiger partial charge on any atom is -0.360 e. The monoisotopic (exact) mass is 409 g/mol. The molecule has 2 aliphatic carbocycles. The normalized spacial score (nSPS) is 18.1. The summed E-state index contributed by atoms with van der Waals surface area (Å²) in [5, 5.41) is 14.2. The largest absolute Gasteiger partial charge is 0.360 e. The Balaban J connectivity index is 1.32. The quantitative estimate of drug-likeness (QED) is 0.457. The van der Waals surface area contributed by atoms with Crippen molar-refractivity contribution in [2.75, 3.05) is 5.75 Å². The molecule has 0 aliphatic heterocycles. The van der Waals surface area contributed by atoms with Crippen molar-refractivity contribution in [3.05, 3.63) is 30.5 Å². The first-order chi connectivity index (χ1) is 14.3. The van der Waals surface area contributed by atoms with Crippen LogP contribution in [0.15, 0.2) is 35.6 Å². The van der Waals surface area contributed by atoms with E-state index >= 15 is 0 Å². The highest BCUT2D eigenvalue weighted by atomic mass is 32.2. The molecule has 0 radical (unpaired) electrons. The lowest BCUT2D eigenvalue weighted by molar-refractivity contribution is -0.119. The SMILES string of the molecule is O=C(CSc1nnc(-c2c[nH]c3ccccc23)n1C1CC1)NC1CCCCCC1.